The van der Waals surface area contributed by atoms with Crippen LogP contribution in [-0.4, -0.2) is 0 Å². The maximum Gasteiger partial charge on any atom is 0.122 e. The van der Waals surface area contributed by atoms with Crippen LogP contribution in [0.15, 0.2) is 71.4 Å². The fourth-order valence-corrected chi connectivity index (χ4v) is 1.23. The van der Waals surface area contributed by atoms with Crippen molar-refractivity contribution in [3.63, 3.8) is 0 Å². The lowest BCUT2D eigenvalue weighted by Gasteiger charge is -1.97. The van der Waals surface area contributed by atoms with Gasteiger partial charge in [-0.1, -0.05) is 37.3 Å². The van der Waals surface area contributed by atoms with E-state index in [0.29, 0.717) is 12.8 Å². The van der Waals surface area contributed by atoms with Gasteiger partial charge in [0.25, 0.3) is 0 Å². The predicted octanol–water partition coefficient (Wildman–Crippen LogP) is 5.42. The van der Waals surface area contributed by atoms with Crippen LogP contribution in [0.2, 0.25) is 0 Å². The molecule has 100 valence electrons. The smallest absolute Gasteiger partial charge is 0.122 e. The normalized spacial score (nSPS) is 14.2. The second kappa shape index (κ2) is 10.0. The van der Waals surface area contributed by atoms with Gasteiger partial charge in [0.05, 0.1) is 18.0 Å². The summed E-state index contributed by atoms with van der Waals surface area (Å²) in [4.78, 5) is 0. The van der Waals surface area contributed by atoms with Crippen molar-refractivity contribution in [2.45, 2.75) is 13.3 Å². The molecule has 0 aliphatic rings. The Morgan fingerprint density at radius 2 is 2.11 bits per heavy atom. The van der Waals surface area contributed by atoms with Gasteiger partial charge in [0, 0.05) is 10.6 Å². The number of allylic oxidation sites excluding steroid dienone is 10. The van der Waals surface area contributed by atoms with Gasteiger partial charge >= 0.3 is 0 Å². The largest absolute Gasteiger partial charge is 0.215 e. The van der Waals surface area contributed by atoms with E-state index in [4.69, 9.17) is 16.9 Å². The van der Waals surface area contributed by atoms with E-state index in [9.17, 15) is 8.78 Å². The van der Waals surface area contributed by atoms with Crippen LogP contribution in [0.4, 0.5) is 8.78 Å². The second-order valence-corrected chi connectivity index (χ2v) is 3.82. The number of halogens is 3. The number of hydrogen-bond donors (Lipinski definition) is 0. The van der Waals surface area contributed by atoms with E-state index in [1.165, 1.54) is 24.3 Å². The van der Waals surface area contributed by atoms with Crippen LogP contribution in [0.5, 0.6) is 0 Å². The lowest BCUT2D eigenvalue weighted by atomic mass is 10.1. The molecular weight excluding hydrogens is 268 g/mol. The molecular formula is C15H14ClF2N. The first-order valence-electron chi connectivity index (χ1n) is 5.52. The maximum absolute atomic E-state index is 13.1. The summed E-state index contributed by atoms with van der Waals surface area (Å²) in [5, 5.41) is 9.09. The van der Waals surface area contributed by atoms with Crippen LogP contribution in [0.25, 0.3) is 0 Å². The highest BCUT2D eigenvalue weighted by atomic mass is 35.5. The minimum absolute atomic E-state index is 0.176. The molecule has 0 saturated heterocycles. The molecule has 0 spiro atoms. The molecule has 0 aromatic rings. The lowest BCUT2D eigenvalue weighted by Crippen LogP contribution is -1.81. The van der Waals surface area contributed by atoms with Crippen molar-refractivity contribution in [3.8, 4) is 6.07 Å². The van der Waals surface area contributed by atoms with Gasteiger partial charge in [0.15, 0.2) is 0 Å². The zero-order valence-electron chi connectivity index (χ0n) is 10.5. The maximum atomic E-state index is 13.1. The average molecular weight is 282 g/mol. The van der Waals surface area contributed by atoms with E-state index < -0.39 is 5.83 Å². The average Bonchev–Trinajstić information content (AvgIpc) is 2.36. The van der Waals surface area contributed by atoms with Crippen molar-refractivity contribution >= 4 is 11.6 Å². The Morgan fingerprint density at radius 3 is 2.58 bits per heavy atom. The fraction of sp³-hybridized carbons (Fsp3) is 0.133. The first-order valence-corrected chi connectivity index (χ1v) is 5.90. The van der Waals surface area contributed by atoms with E-state index >= 15 is 0 Å². The molecule has 4 heteroatoms. The highest BCUT2D eigenvalue weighted by Crippen LogP contribution is 2.14. The monoisotopic (exact) mass is 281 g/mol. The molecule has 0 N–H and O–H groups in total. The van der Waals surface area contributed by atoms with Crippen LogP contribution in [0, 0.1) is 11.3 Å². The summed E-state index contributed by atoms with van der Waals surface area (Å²) in [6, 6.07) is 1.91. The van der Waals surface area contributed by atoms with Gasteiger partial charge in [-0.3, -0.25) is 0 Å². The number of nitriles is 1. The summed E-state index contributed by atoms with van der Waals surface area (Å²) in [5.41, 5.74) is 0.505. The van der Waals surface area contributed by atoms with Crippen molar-refractivity contribution in [2.75, 3.05) is 0 Å². The highest BCUT2D eigenvalue weighted by Gasteiger charge is 1.99. The van der Waals surface area contributed by atoms with E-state index in [-0.39, 0.29) is 16.2 Å². The molecule has 0 bridgehead atoms. The summed E-state index contributed by atoms with van der Waals surface area (Å²) >= 11 is 5.61. The summed E-state index contributed by atoms with van der Waals surface area (Å²) in [5.74, 6) is -0.600. The third-order valence-corrected chi connectivity index (χ3v) is 2.18. The molecule has 0 saturated carbocycles. The molecule has 0 unspecified atom stereocenters. The quantitative estimate of drug-likeness (QED) is 0.471. The Bertz CT molecular complexity index is 503. The minimum Gasteiger partial charge on any atom is -0.215 e. The Hall–Kier alpha value is -1.92. The number of nitrogens with zero attached hydrogens (tertiary/aromatic N) is 1. The molecule has 0 aliphatic heterocycles. The standard InChI is InChI=1S/C15H14ClF2N/c1-3-5-14(12(2)18)10-13(11-19)6-4-7-15(16)8-9-17/h4-10H,2-3H2,1H3/b6-4+,9-8+,13-10-,14-5-,15-7+. The highest BCUT2D eigenvalue weighted by molar-refractivity contribution is 6.31. The molecule has 0 atom stereocenters. The van der Waals surface area contributed by atoms with E-state index in [1.54, 1.807) is 6.08 Å². The summed E-state index contributed by atoms with van der Waals surface area (Å²) in [6.45, 7) is 5.05. The molecule has 0 amide bonds. The number of rotatable bonds is 6. The third kappa shape index (κ3) is 7.91. The molecule has 1 nitrogen and oxygen atoms in total. The van der Waals surface area contributed by atoms with E-state index in [1.807, 2.05) is 13.0 Å². The zero-order valence-corrected chi connectivity index (χ0v) is 11.3. The Balaban J connectivity index is 5.09. The van der Waals surface area contributed by atoms with Crippen molar-refractivity contribution in [1.29, 1.82) is 5.26 Å². The van der Waals surface area contributed by atoms with Gasteiger partial charge in [0.2, 0.25) is 0 Å². The lowest BCUT2D eigenvalue weighted by molar-refractivity contribution is 0.660. The van der Waals surface area contributed by atoms with Crippen LogP contribution in [0.3, 0.4) is 0 Å². The van der Waals surface area contributed by atoms with Gasteiger partial charge in [-0.05, 0) is 30.7 Å². The van der Waals surface area contributed by atoms with Crippen LogP contribution < -0.4 is 0 Å². The topological polar surface area (TPSA) is 23.8 Å². The Labute approximate surface area is 117 Å². The van der Waals surface area contributed by atoms with Crippen molar-refractivity contribution < 1.29 is 8.78 Å². The van der Waals surface area contributed by atoms with E-state index in [2.05, 4.69) is 6.58 Å². The molecule has 0 heterocycles. The van der Waals surface area contributed by atoms with E-state index in [0.717, 1.165) is 6.08 Å². The molecule has 0 fully saturated rings. The fourth-order valence-electron chi connectivity index (χ4n) is 1.11. The summed E-state index contributed by atoms with van der Waals surface area (Å²) in [6.07, 6.45) is 9.34. The SMILES string of the molecule is C=C(F)C(/C=C(C#N)/C=C/C=C(Cl)\C=C\F)=C\CC. The van der Waals surface area contributed by atoms with Gasteiger partial charge in [-0.2, -0.15) is 5.26 Å². The third-order valence-electron chi connectivity index (χ3n) is 1.93. The Kier molecular flexibility index (Phi) is 9.03. The van der Waals surface area contributed by atoms with Crippen LogP contribution in [0.1, 0.15) is 13.3 Å². The van der Waals surface area contributed by atoms with Crippen LogP contribution in [-0.2, 0) is 0 Å². The van der Waals surface area contributed by atoms with Crippen LogP contribution >= 0.6 is 11.6 Å². The minimum atomic E-state index is -0.600. The summed E-state index contributed by atoms with van der Waals surface area (Å²) < 4.78 is 24.9. The van der Waals surface area contributed by atoms with Crippen molar-refractivity contribution in [1.82, 2.24) is 0 Å². The molecule has 0 aromatic heterocycles. The molecule has 19 heavy (non-hydrogen) atoms. The second-order valence-electron chi connectivity index (χ2n) is 3.39. The molecule has 0 radical (unpaired) electrons. The first-order chi connectivity index (χ1) is 9.04. The zero-order chi connectivity index (χ0) is 14.7. The van der Waals surface area contributed by atoms with Crippen molar-refractivity contribution in [3.05, 3.63) is 71.4 Å². The molecule has 0 aromatic carbocycles. The predicted molar refractivity (Wildman–Crippen MR) is 75.6 cm³/mol. The molecule has 0 rings (SSSR count). The Morgan fingerprint density at radius 1 is 1.42 bits per heavy atom. The van der Waals surface area contributed by atoms with Gasteiger partial charge in [-0.25, -0.2) is 8.78 Å². The van der Waals surface area contributed by atoms with Gasteiger partial charge < -0.3 is 0 Å². The van der Waals surface area contributed by atoms with Gasteiger partial charge in [-0.15, -0.1) is 0 Å². The van der Waals surface area contributed by atoms with Crippen molar-refractivity contribution in [2.24, 2.45) is 0 Å². The summed E-state index contributed by atoms with van der Waals surface area (Å²) in [7, 11) is 0. The molecule has 0 aliphatic carbocycles. The number of hydrogen-bond acceptors (Lipinski definition) is 1. The first kappa shape index (κ1) is 17.1. The van der Waals surface area contributed by atoms with Gasteiger partial charge in [0.1, 0.15) is 5.83 Å².